The Balaban J connectivity index is 2.20. The standard InChI is InChI=1S/C10H12N4O6S/c11-9-12-6-5(7(18)13-9)21-10(19)14(6)8-4(17)3(16)2(1-15)20-8/h2-4,8,15-17H,1H2,(H3,11,12,13,18)/t2-,3+,4+,8?/m1/s1. The molecule has 6 N–H and O–H groups in total. The van der Waals surface area contributed by atoms with Crippen LogP contribution in [0.2, 0.25) is 0 Å². The zero-order valence-corrected chi connectivity index (χ0v) is 11.3. The molecule has 0 spiro atoms. The minimum absolute atomic E-state index is 0.0342. The Morgan fingerprint density at radius 3 is 2.71 bits per heavy atom. The van der Waals surface area contributed by atoms with Crippen molar-refractivity contribution in [1.82, 2.24) is 14.5 Å². The summed E-state index contributed by atoms with van der Waals surface area (Å²) >= 11 is 0.623. The smallest absolute Gasteiger partial charge is 0.311 e. The first-order valence-corrected chi connectivity index (χ1v) is 6.79. The van der Waals surface area contributed by atoms with Crippen molar-refractivity contribution in [3.05, 3.63) is 20.0 Å². The highest BCUT2D eigenvalue weighted by Crippen LogP contribution is 2.30. The molecule has 3 rings (SSSR count). The molecule has 0 radical (unpaired) electrons. The number of fused-ring (bicyclic) bond motifs is 1. The molecule has 2 aromatic heterocycles. The van der Waals surface area contributed by atoms with Gasteiger partial charge in [0.25, 0.3) is 5.56 Å². The molecule has 11 heteroatoms. The molecule has 1 unspecified atom stereocenters. The fourth-order valence-electron chi connectivity index (χ4n) is 2.26. The van der Waals surface area contributed by atoms with E-state index in [1.54, 1.807) is 0 Å². The predicted octanol–water partition coefficient (Wildman–Crippen LogP) is -2.66. The average molecular weight is 316 g/mol. The number of anilines is 1. The van der Waals surface area contributed by atoms with Crippen molar-refractivity contribution in [2.75, 3.05) is 12.3 Å². The molecule has 21 heavy (non-hydrogen) atoms. The molecule has 0 aliphatic carbocycles. The molecule has 0 saturated carbocycles. The highest BCUT2D eigenvalue weighted by Gasteiger charge is 2.44. The lowest BCUT2D eigenvalue weighted by Gasteiger charge is -2.15. The SMILES string of the molecule is Nc1nc2c(sc(=O)n2C2O[C@H](CO)[C@H](O)[C@@H]2O)c(=O)[nH]1. The third kappa shape index (κ3) is 2.06. The topological polar surface area (TPSA) is 164 Å². The van der Waals surface area contributed by atoms with Crippen molar-refractivity contribution in [1.29, 1.82) is 0 Å². The van der Waals surface area contributed by atoms with Crippen LogP contribution in [-0.2, 0) is 4.74 Å². The Morgan fingerprint density at radius 1 is 1.38 bits per heavy atom. The van der Waals surface area contributed by atoms with Crippen molar-refractivity contribution in [3.63, 3.8) is 0 Å². The molecule has 114 valence electrons. The second-order valence-corrected chi connectivity index (χ2v) is 5.53. The molecule has 1 aliphatic heterocycles. The van der Waals surface area contributed by atoms with Crippen molar-refractivity contribution < 1.29 is 20.1 Å². The normalized spacial score (nSPS) is 29.3. The van der Waals surface area contributed by atoms with Crippen molar-refractivity contribution >= 4 is 27.6 Å². The number of nitrogens with zero attached hydrogens (tertiary/aromatic N) is 2. The van der Waals surface area contributed by atoms with Crippen molar-refractivity contribution in [3.8, 4) is 0 Å². The van der Waals surface area contributed by atoms with Crippen LogP contribution in [0.1, 0.15) is 6.23 Å². The van der Waals surface area contributed by atoms with E-state index in [1.807, 2.05) is 0 Å². The third-order valence-electron chi connectivity index (χ3n) is 3.26. The molecule has 2 aromatic rings. The van der Waals surface area contributed by atoms with Crippen LogP contribution < -0.4 is 16.2 Å². The Kier molecular flexibility index (Phi) is 3.30. The first kappa shape index (κ1) is 14.2. The van der Waals surface area contributed by atoms with Gasteiger partial charge in [0, 0.05) is 0 Å². The van der Waals surface area contributed by atoms with E-state index in [2.05, 4.69) is 9.97 Å². The van der Waals surface area contributed by atoms with Crippen LogP contribution in [0.25, 0.3) is 10.3 Å². The van der Waals surface area contributed by atoms with E-state index in [4.69, 9.17) is 15.6 Å². The fraction of sp³-hybridized carbons (Fsp3) is 0.500. The Labute approximate surface area is 120 Å². The summed E-state index contributed by atoms with van der Waals surface area (Å²) in [5, 5.41) is 28.8. The summed E-state index contributed by atoms with van der Waals surface area (Å²) in [7, 11) is 0. The van der Waals surface area contributed by atoms with Gasteiger partial charge in [-0.2, -0.15) is 4.98 Å². The number of nitrogens with two attached hydrogens (primary N) is 1. The van der Waals surface area contributed by atoms with Crippen LogP contribution in [0.4, 0.5) is 5.95 Å². The van der Waals surface area contributed by atoms with E-state index < -0.39 is 41.6 Å². The first-order valence-electron chi connectivity index (χ1n) is 5.97. The molecule has 0 aromatic carbocycles. The number of ether oxygens (including phenoxy) is 1. The van der Waals surface area contributed by atoms with Crippen LogP contribution in [-0.4, -0.2) is 54.8 Å². The maximum Gasteiger partial charge on any atom is 0.311 e. The van der Waals surface area contributed by atoms with E-state index in [-0.39, 0.29) is 16.3 Å². The van der Waals surface area contributed by atoms with E-state index in [0.29, 0.717) is 11.3 Å². The number of aromatic amines is 1. The monoisotopic (exact) mass is 316 g/mol. The van der Waals surface area contributed by atoms with E-state index in [1.165, 1.54) is 0 Å². The summed E-state index contributed by atoms with van der Waals surface area (Å²) in [5.74, 6) is -0.189. The summed E-state index contributed by atoms with van der Waals surface area (Å²) in [6.07, 6.45) is -5.10. The van der Waals surface area contributed by atoms with Gasteiger partial charge in [0.1, 0.15) is 23.0 Å². The molecule has 1 fully saturated rings. The first-order chi connectivity index (χ1) is 9.93. The third-order valence-corrected chi connectivity index (χ3v) is 4.21. The van der Waals surface area contributed by atoms with Gasteiger partial charge in [0.2, 0.25) is 5.95 Å². The summed E-state index contributed by atoms with van der Waals surface area (Å²) < 4.78 is 6.26. The molecular formula is C10H12N4O6S. The van der Waals surface area contributed by atoms with Crippen LogP contribution in [0.15, 0.2) is 9.59 Å². The lowest BCUT2D eigenvalue weighted by Crippen LogP contribution is -2.34. The van der Waals surface area contributed by atoms with Gasteiger partial charge >= 0.3 is 4.87 Å². The van der Waals surface area contributed by atoms with Gasteiger partial charge in [-0.3, -0.25) is 19.1 Å². The molecule has 0 bridgehead atoms. The molecule has 10 nitrogen and oxygen atoms in total. The number of nitrogens with one attached hydrogen (secondary N) is 1. The quantitative estimate of drug-likeness (QED) is 0.400. The number of aliphatic hydroxyl groups excluding tert-OH is 3. The minimum Gasteiger partial charge on any atom is -0.394 e. The van der Waals surface area contributed by atoms with Crippen molar-refractivity contribution in [2.24, 2.45) is 0 Å². The van der Waals surface area contributed by atoms with Crippen LogP contribution >= 0.6 is 11.3 Å². The maximum atomic E-state index is 12.0. The van der Waals surface area contributed by atoms with Gasteiger partial charge in [0.05, 0.1) is 6.61 Å². The van der Waals surface area contributed by atoms with Gasteiger partial charge in [-0.1, -0.05) is 11.3 Å². The molecule has 1 saturated heterocycles. The highest BCUT2D eigenvalue weighted by molar-refractivity contribution is 7.16. The van der Waals surface area contributed by atoms with Gasteiger partial charge < -0.3 is 25.8 Å². The fourth-order valence-corrected chi connectivity index (χ4v) is 3.11. The number of aromatic nitrogens is 3. The van der Waals surface area contributed by atoms with E-state index in [9.17, 15) is 19.8 Å². The number of H-pyrrole nitrogens is 1. The zero-order valence-electron chi connectivity index (χ0n) is 10.5. The summed E-state index contributed by atoms with van der Waals surface area (Å²) in [4.78, 5) is 29.3. The van der Waals surface area contributed by atoms with Gasteiger partial charge in [-0.05, 0) is 0 Å². The molecule has 0 amide bonds. The van der Waals surface area contributed by atoms with Gasteiger partial charge in [0.15, 0.2) is 11.9 Å². The second kappa shape index (κ2) is 4.89. The predicted molar refractivity (Wildman–Crippen MR) is 71.9 cm³/mol. The van der Waals surface area contributed by atoms with E-state index in [0.717, 1.165) is 4.57 Å². The molecular weight excluding hydrogens is 304 g/mol. The summed E-state index contributed by atoms with van der Waals surface area (Å²) in [6, 6.07) is 0. The molecule has 3 heterocycles. The Morgan fingerprint density at radius 2 is 2.10 bits per heavy atom. The minimum atomic E-state index is -1.44. The molecule has 1 aliphatic rings. The number of thiazole rings is 1. The molecule has 4 atom stereocenters. The lowest BCUT2D eigenvalue weighted by molar-refractivity contribution is -0.0518. The summed E-state index contributed by atoms with van der Waals surface area (Å²) in [6.45, 7) is -0.526. The average Bonchev–Trinajstić information content (AvgIpc) is 2.89. The van der Waals surface area contributed by atoms with Crippen LogP contribution in [0.5, 0.6) is 0 Å². The van der Waals surface area contributed by atoms with Gasteiger partial charge in [-0.25, -0.2) is 0 Å². The maximum absolute atomic E-state index is 12.0. The zero-order chi connectivity index (χ0) is 15.3. The highest BCUT2D eigenvalue weighted by atomic mass is 32.1. The Bertz CT molecular complexity index is 797. The van der Waals surface area contributed by atoms with Crippen molar-refractivity contribution in [2.45, 2.75) is 24.5 Å². The van der Waals surface area contributed by atoms with Crippen LogP contribution in [0, 0.1) is 0 Å². The number of hydrogen-bond acceptors (Lipinski definition) is 9. The number of nitrogen functional groups attached to an aromatic ring is 1. The Hall–Kier alpha value is -1.79. The number of hydrogen-bond donors (Lipinski definition) is 5. The largest absolute Gasteiger partial charge is 0.394 e. The second-order valence-electron chi connectivity index (χ2n) is 4.57. The number of rotatable bonds is 2. The van der Waals surface area contributed by atoms with E-state index >= 15 is 0 Å². The van der Waals surface area contributed by atoms with Crippen LogP contribution in [0.3, 0.4) is 0 Å². The number of aliphatic hydroxyl groups is 3. The summed E-state index contributed by atoms with van der Waals surface area (Å²) in [5.41, 5.74) is 4.83. The van der Waals surface area contributed by atoms with Gasteiger partial charge in [-0.15, -0.1) is 0 Å². The lowest BCUT2D eigenvalue weighted by atomic mass is 10.1.